The van der Waals surface area contributed by atoms with Crippen LogP contribution in [0.25, 0.3) is 0 Å². The van der Waals surface area contributed by atoms with Crippen molar-refractivity contribution in [1.29, 1.82) is 0 Å². The van der Waals surface area contributed by atoms with Crippen LogP contribution in [-0.4, -0.2) is 42.0 Å². The first-order valence-electron chi connectivity index (χ1n) is 9.70. The second-order valence-corrected chi connectivity index (χ2v) is 6.47. The Labute approximate surface area is 183 Å². The predicted molar refractivity (Wildman–Crippen MR) is 112 cm³/mol. The van der Waals surface area contributed by atoms with Crippen molar-refractivity contribution in [2.45, 2.75) is 26.4 Å². The molecule has 11 nitrogen and oxygen atoms in total. The number of benzene rings is 2. The van der Waals surface area contributed by atoms with Crippen LogP contribution in [0.15, 0.2) is 48.5 Å². The topological polar surface area (TPSA) is 146 Å². The summed E-state index contributed by atoms with van der Waals surface area (Å²) in [6.45, 7) is 3.19. The molecule has 0 spiro atoms. The number of para-hydroxylation sites is 2. The molecule has 0 radical (unpaired) electrons. The Morgan fingerprint density at radius 2 is 1.75 bits per heavy atom. The maximum Gasteiger partial charge on any atom is 0.338 e. The molecule has 2 amide bonds. The zero-order valence-corrected chi connectivity index (χ0v) is 17.5. The highest BCUT2D eigenvalue weighted by molar-refractivity contribution is 5.89. The number of nitrogens with one attached hydrogen (secondary N) is 2. The lowest BCUT2D eigenvalue weighted by atomic mass is 10.2. The molecule has 0 bridgehead atoms. The monoisotopic (exact) mass is 445 g/mol. The summed E-state index contributed by atoms with van der Waals surface area (Å²) in [6.07, 6.45) is -0.396. The summed E-state index contributed by atoms with van der Waals surface area (Å²) in [4.78, 5) is 46.1. The molecule has 2 aromatic rings. The van der Waals surface area contributed by atoms with E-state index < -0.39 is 35.4 Å². The van der Waals surface area contributed by atoms with E-state index in [0.29, 0.717) is 17.9 Å². The number of hydrogen-bond donors (Lipinski definition) is 2. The summed E-state index contributed by atoms with van der Waals surface area (Å²) in [5, 5.41) is 11.0. The lowest BCUT2D eigenvalue weighted by Crippen LogP contribution is -2.48. The minimum absolute atomic E-state index is 0.0724. The molecule has 0 saturated carbocycles. The molecule has 0 aliphatic heterocycles. The van der Waals surface area contributed by atoms with E-state index in [4.69, 9.17) is 14.2 Å². The number of hydrazine groups is 1. The van der Waals surface area contributed by atoms with E-state index >= 15 is 0 Å². The van der Waals surface area contributed by atoms with Gasteiger partial charge in [-0.05, 0) is 43.7 Å². The predicted octanol–water partition coefficient (Wildman–Crippen LogP) is 2.16. The van der Waals surface area contributed by atoms with Gasteiger partial charge >= 0.3 is 11.7 Å². The molecule has 1 atom stereocenters. The van der Waals surface area contributed by atoms with Gasteiger partial charge in [0.1, 0.15) is 5.75 Å². The molecule has 2 aromatic carbocycles. The molecule has 0 aliphatic rings. The van der Waals surface area contributed by atoms with Crippen LogP contribution in [0.5, 0.6) is 11.5 Å². The van der Waals surface area contributed by atoms with Crippen LogP contribution in [-0.2, 0) is 14.3 Å². The van der Waals surface area contributed by atoms with Crippen molar-refractivity contribution in [3.63, 3.8) is 0 Å². The first kappa shape index (κ1) is 24.1. The number of esters is 1. The average molecular weight is 445 g/mol. The van der Waals surface area contributed by atoms with Crippen LogP contribution in [0.1, 0.15) is 30.6 Å². The number of carbonyl (C=O) groups excluding carboxylic acids is 3. The molecule has 0 fully saturated rings. The third-order valence-electron chi connectivity index (χ3n) is 3.96. The van der Waals surface area contributed by atoms with E-state index in [1.165, 1.54) is 55.5 Å². The number of amides is 2. The third-order valence-corrected chi connectivity index (χ3v) is 3.96. The van der Waals surface area contributed by atoms with E-state index in [2.05, 4.69) is 10.9 Å². The van der Waals surface area contributed by atoms with Crippen LogP contribution in [0, 0.1) is 10.1 Å². The van der Waals surface area contributed by atoms with E-state index in [-0.39, 0.29) is 11.4 Å². The van der Waals surface area contributed by atoms with Gasteiger partial charge < -0.3 is 14.2 Å². The van der Waals surface area contributed by atoms with E-state index in [1.54, 1.807) is 0 Å². The molecule has 170 valence electrons. The van der Waals surface area contributed by atoms with Gasteiger partial charge in [0.25, 0.3) is 11.8 Å². The fourth-order valence-corrected chi connectivity index (χ4v) is 2.33. The zero-order chi connectivity index (χ0) is 23.5. The maximum atomic E-state index is 12.1. The van der Waals surface area contributed by atoms with Gasteiger partial charge in [0.15, 0.2) is 18.5 Å². The van der Waals surface area contributed by atoms with Gasteiger partial charge in [-0.25, -0.2) is 4.79 Å². The molecule has 0 aromatic heterocycles. The van der Waals surface area contributed by atoms with Crippen molar-refractivity contribution >= 4 is 23.5 Å². The van der Waals surface area contributed by atoms with Gasteiger partial charge in [0.05, 0.1) is 17.1 Å². The zero-order valence-electron chi connectivity index (χ0n) is 17.5. The van der Waals surface area contributed by atoms with Crippen LogP contribution in [0.2, 0.25) is 0 Å². The number of nitrogens with zero attached hydrogens (tertiary/aromatic N) is 1. The van der Waals surface area contributed by atoms with Gasteiger partial charge in [-0.15, -0.1) is 0 Å². The first-order chi connectivity index (χ1) is 15.3. The third kappa shape index (κ3) is 7.27. The molecule has 1 unspecified atom stereocenters. The van der Waals surface area contributed by atoms with Crippen molar-refractivity contribution in [3.05, 3.63) is 64.2 Å². The Bertz CT molecular complexity index is 962. The lowest BCUT2D eigenvalue weighted by Gasteiger charge is -2.15. The van der Waals surface area contributed by atoms with Crippen LogP contribution >= 0.6 is 0 Å². The highest BCUT2D eigenvalue weighted by Crippen LogP contribution is 2.26. The van der Waals surface area contributed by atoms with Gasteiger partial charge in [-0.3, -0.25) is 30.6 Å². The molecule has 32 heavy (non-hydrogen) atoms. The number of carbonyl (C=O) groups is 3. The summed E-state index contributed by atoms with van der Waals surface area (Å²) in [7, 11) is 0. The van der Waals surface area contributed by atoms with Crippen LogP contribution in [0.4, 0.5) is 5.69 Å². The van der Waals surface area contributed by atoms with Gasteiger partial charge in [-0.2, -0.15) is 0 Å². The molecular weight excluding hydrogens is 422 g/mol. The number of nitro groups is 1. The molecular formula is C21H23N3O8. The molecule has 0 aliphatic carbocycles. The normalized spacial score (nSPS) is 11.1. The van der Waals surface area contributed by atoms with E-state index in [0.717, 1.165) is 6.42 Å². The second-order valence-electron chi connectivity index (χ2n) is 6.47. The maximum absolute atomic E-state index is 12.1. The Morgan fingerprint density at radius 1 is 1.06 bits per heavy atom. The van der Waals surface area contributed by atoms with E-state index in [9.17, 15) is 24.5 Å². The van der Waals surface area contributed by atoms with Crippen LogP contribution < -0.4 is 20.3 Å². The Balaban J connectivity index is 1.77. The molecule has 2 rings (SSSR count). The van der Waals surface area contributed by atoms with Crippen molar-refractivity contribution in [2.75, 3.05) is 13.2 Å². The minimum Gasteiger partial charge on any atom is -0.484 e. The van der Waals surface area contributed by atoms with Crippen molar-refractivity contribution in [3.8, 4) is 11.5 Å². The SMILES string of the molecule is CCCOC(=O)c1ccc(OCC(=O)NNC(=O)C(C)Oc2ccccc2[N+](=O)[O-])cc1. The number of ether oxygens (including phenoxy) is 3. The molecule has 0 heterocycles. The molecule has 2 N–H and O–H groups in total. The highest BCUT2D eigenvalue weighted by Gasteiger charge is 2.21. The number of nitro benzene ring substituents is 1. The summed E-state index contributed by atoms with van der Waals surface area (Å²) in [5.41, 5.74) is 4.39. The quantitative estimate of drug-likeness (QED) is 0.321. The highest BCUT2D eigenvalue weighted by atomic mass is 16.6. The molecule has 11 heteroatoms. The van der Waals surface area contributed by atoms with E-state index in [1.807, 2.05) is 6.92 Å². The number of hydrogen-bond acceptors (Lipinski definition) is 8. The summed E-state index contributed by atoms with van der Waals surface area (Å²) in [5.74, 6) is -1.55. The lowest BCUT2D eigenvalue weighted by molar-refractivity contribution is -0.386. The minimum atomic E-state index is -1.11. The Hall–Kier alpha value is -4.15. The smallest absolute Gasteiger partial charge is 0.338 e. The molecule has 0 saturated heterocycles. The summed E-state index contributed by atoms with van der Waals surface area (Å²) < 4.78 is 15.6. The number of rotatable bonds is 10. The van der Waals surface area contributed by atoms with Gasteiger partial charge in [0, 0.05) is 6.07 Å². The van der Waals surface area contributed by atoms with Crippen molar-refractivity contribution in [2.24, 2.45) is 0 Å². The Morgan fingerprint density at radius 3 is 2.41 bits per heavy atom. The van der Waals surface area contributed by atoms with Crippen molar-refractivity contribution in [1.82, 2.24) is 10.9 Å². The Kier molecular flexibility index (Phi) is 8.96. The summed E-state index contributed by atoms with van der Waals surface area (Å²) >= 11 is 0. The fourth-order valence-electron chi connectivity index (χ4n) is 2.33. The van der Waals surface area contributed by atoms with Crippen molar-refractivity contribution < 1.29 is 33.5 Å². The average Bonchev–Trinajstić information content (AvgIpc) is 2.80. The second kappa shape index (κ2) is 11.9. The van der Waals surface area contributed by atoms with Gasteiger partial charge in [0.2, 0.25) is 0 Å². The van der Waals surface area contributed by atoms with Gasteiger partial charge in [-0.1, -0.05) is 19.1 Å². The fraction of sp³-hybridized carbons (Fsp3) is 0.286. The standard InChI is InChI=1S/C21H23N3O8/c1-3-12-30-21(27)15-8-10-16(11-9-15)31-13-19(25)22-23-20(26)14(2)32-18-7-5-4-6-17(18)24(28)29/h4-11,14H,3,12-13H2,1-2H3,(H,22,25)(H,23,26). The van der Waals surface area contributed by atoms with Crippen LogP contribution in [0.3, 0.4) is 0 Å². The largest absolute Gasteiger partial charge is 0.484 e. The first-order valence-corrected chi connectivity index (χ1v) is 9.70. The summed E-state index contributed by atoms with van der Waals surface area (Å²) in [6, 6.07) is 11.7.